The minimum absolute atomic E-state index is 0.114. The van der Waals surface area contributed by atoms with Gasteiger partial charge in [-0.25, -0.2) is 8.42 Å². The fourth-order valence-electron chi connectivity index (χ4n) is 1.59. The van der Waals surface area contributed by atoms with Gasteiger partial charge in [-0.3, -0.25) is 0 Å². The second kappa shape index (κ2) is 3.55. The van der Waals surface area contributed by atoms with Gasteiger partial charge in [0, 0.05) is 13.1 Å². The van der Waals surface area contributed by atoms with Crippen LogP contribution in [0, 0.1) is 0 Å². The van der Waals surface area contributed by atoms with Crippen molar-refractivity contribution in [3.8, 4) is 0 Å². The number of nitrogens with zero attached hydrogens (tertiary/aromatic N) is 1. The number of hydrogen-bond donors (Lipinski definition) is 1. The first-order valence-electron chi connectivity index (χ1n) is 4.57. The average Bonchev–Trinajstić information content (AvgIpc) is 2.03. The molecule has 1 unspecified atom stereocenters. The van der Waals surface area contributed by atoms with Crippen LogP contribution in [0.25, 0.3) is 0 Å². The first-order chi connectivity index (χ1) is 5.87. The molecule has 4 nitrogen and oxygen atoms in total. The predicted molar refractivity (Wildman–Crippen MR) is 50.9 cm³/mol. The maximum absolute atomic E-state index is 11.5. The Hall–Kier alpha value is -0.130. The molecule has 1 rings (SSSR count). The molecule has 0 aliphatic carbocycles. The lowest BCUT2D eigenvalue weighted by Crippen LogP contribution is -2.48. The molecule has 0 aromatic carbocycles. The highest BCUT2D eigenvalue weighted by molar-refractivity contribution is 7.89. The van der Waals surface area contributed by atoms with E-state index >= 15 is 0 Å². The van der Waals surface area contributed by atoms with Gasteiger partial charge >= 0.3 is 0 Å². The molecule has 1 fully saturated rings. The number of β-amino-alcohol motifs (C(OH)–C–C–N with tert-alkyl or cyclic N) is 1. The SMILES string of the molecule is CCS(=O)(=O)N1CCCC(C)(O)C1. The van der Waals surface area contributed by atoms with Crippen molar-refractivity contribution in [2.75, 3.05) is 18.8 Å². The summed E-state index contributed by atoms with van der Waals surface area (Å²) in [6, 6.07) is 0. The zero-order chi connectivity index (χ0) is 10.1. The minimum atomic E-state index is -3.12. The molecule has 1 atom stereocenters. The Balaban J connectivity index is 2.73. The van der Waals surface area contributed by atoms with Crippen molar-refractivity contribution in [1.82, 2.24) is 4.31 Å². The Morgan fingerprint density at radius 3 is 2.62 bits per heavy atom. The largest absolute Gasteiger partial charge is 0.389 e. The average molecular weight is 207 g/mol. The van der Waals surface area contributed by atoms with Crippen molar-refractivity contribution in [2.45, 2.75) is 32.3 Å². The highest BCUT2D eigenvalue weighted by atomic mass is 32.2. The lowest BCUT2D eigenvalue weighted by Gasteiger charge is -2.35. The van der Waals surface area contributed by atoms with Gasteiger partial charge in [-0.1, -0.05) is 0 Å². The van der Waals surface area contributed by atoms with Crippen LogP contribution in [0.4, 0.5) is 0 Å². The summed E-state index contributed by atoms with van der Waals surface area (Å²) in [6.45, 7) is 4.10. The number of piperidine rings is 1. The molecule has 0 radical (unpaired) electrons. The van der Waals surface area contributed by atoms with E-state index in [1.165, 1.54) is 4.31 Å². The zero-order valence-electron chi connectivity index (χ0n) is 8.15. The molecule has 1 saturated heterocycles. The van der Waals surface area contributed by atoms with Gasteiger partial charge in [-0.05, 0) is 26.7 Å². The van der Waals surface area contributed by atoms with Gasteiger partial charge < -0.3 is 5.11 Å². The number of sulfonamides is 1. The first kappa shape index (κ1) is 10.9. The smallest absolute Gasteiger partial charge is 0.213 e. The van der Waals surface area contributed by atoms with Gasteiger partial charge in [0.05, 0.1) is 11.4 Å². The van der Waals surface area contributed by atoms with Gasteiger partial charge in [0.25, 0.3) is 0 Å². The molecular formula is C8H17NO3S. The van der Waals surface area contributed by atoms with Crippen LogP contribution in [0.1, 0.15) is 26.7 Å². The lowest BCUT2D eigenvalue weighted by atomic mass is 9.97. The van der Waals surface area contributed by atoms with Crippen LogP contribution in [0.5, 0.6) is 0 Å². The molecule has 0 saturated carbocycles. The molecule has 0 spiro atoms. The fraction of sp³-hybridized carbons (Fsp3) is 1.00. The minimum Gasteiger partial charge on any atom is -0.389 e. The predicted octanol–water partition coefficient (Wildman–Crippen LogP) is 0.183. The number of rotatable bonds is 2. The summed E-state index contributed by atoms with van der Waals surface area (Å²) in [6.07, 6.45) is 1.43. The maximum atomic E-state index is 11.5. The van der Waals surface area contributed by atoms with Crippen LogP contribution in [-0.4, -0.2) is 42.3 Å². The lowest BCUT2D eigenvalue weighted by molar-refractivity contribution is 0.00945. The van der Waals surface area contributed by atoms with Crippen LogP contribution in [0.3, 0.4) is 0 Å². The normalized spacial score (nSPS) is 31.9. The van der Waals surface area contributed by atoms with Crippen LogP contribution in [0.2, 0.25) is 0 Å². The van der Waals surface area contributed by atoms with Crippen LogP contribution >= 0.6 is 0 Å². The van der Waals surface area contributed by atoms with Gasteiger partial charge in [0.2, 0.25) is 10.0 Å². The molecule has 1 aliphatic rings. The molecule has 5 heteroatoms. The Kier molecular flexibility index (Phi) is 2.99. The summed E-state index contributed by atoms with van der Waals surface area (Å²) in [4.78, 5) is 0. The molecule has 1 aliphatic heterocycles. The first-order valence-corrected chi connectivity index (χ1v) is 6.18. The monoisotopic (exact) mass is 207 g/mol. The van der Waals surface area contributed by atoms with E-state index in [1.54, 1.807) is 13.8 Å². The van der Waals surface area contributed by atoms with E-state index in [2.05, 4.69) is 0 Å². The van der Waals surface area contributed by atoms with Crippen molar-refractivity contribution in [1.29, 1.82) is 0 Å². The molecule has 0 aromatic heterocycles. The van der Waals surface area contributed by atoms with Gasteiger partial charge in [-0.15, -0.1) is 0 Å². The third kappa shape index (κ3) is 2.65. The zero-order valence-corrected chi connectivity index (χ0v) is 8.97. The number of aliphatic hydroxyl groups is 1. The van der Waals surface area contributed by atoms with Crippen molar-refractivity contribution in [3.63, 3.8) is 0 Å². The molecule has 0 bridgehead atoms. The molecule has 0 aromatic rings. The van der Waals surface area contributed by atoms with E-state index in [0.717, 1.165) is 6.42 Å². The molecule has 1 N–H and O–H groups in total. The summed E-state index contributed by atoms with van der Waals surface area (Å²) < 4.78 is 24.3. The molecule has 0 amide bonds. The van der Waals surface area contributed by atoms with Crippen molar-refractivity contribution in [3.05, 3.63) is 0 Å². The van der Waals surface area contributed by atoms with Gasteiger partial charge in [0.1, 0.15) is 0 Å². The Labute approximate surface area is 79.6 Å². The summed E-state index contributed by atoms with van der Waals surface area (Å²) in [7, 11) is -3.12. The summed E-state index contributed by atoms with van der Waals surface area (Å²) in [5.41, 5.74) is -0.847. The maximum Gasteiger partial charge on any atom is 0.213 e. The molecule has 1 heterocycles. The third-order valence-corrected chi connectivity index (χ3v) is 4.23. The van der Waals surface area contributed by atoms with Crippen LogP contribution in [0.15, 0.2) is 0 Å². The summed E-state index contributed by atoms with van der Waals surface area (Å²) in [5.74, 6) is 0.114. The quantitative estimate of drug-likeness (QED) is 0.703. The topological polar surface area (TPSA) is 57.6 Å². The Morgan fingerprint density at radius 1 is 1.54 bits per heavy atom. The second-order valence-electron chi connectivity index (χ2n) is 3.83. The van der Waals surface area contributed by atoms with E-state index < -0.39 is 15.6 Å². The van der Waals surface area contributed by atoms with E-state index in [0.29, 0.717) is 13.0 Å². The van der Waals surface area contributed by atoms with Crippen molar-refractivity contribution in [2.24, 2.45) is 0 Å². The standard InChI is InChI=1S/C8H17NO3S/c1-3-13(11,12)9-6-4-5-8(2,10)7-9/h10H,3-7H2,1-2H3. The summed E-state index contributed by atoms with van der Waals surface area (Å²) in [5, 5.41) is 9.70. The molecule has 13 heavy (non-hydrogen) atoms. The third-order valence-electron chi connectivity index (χ3n) is 2.40. The van der Waals surface area contributed by atoms with E-state index in [-0.39, 0.29) is 12.3 Å². The summed E-state index contributed by atoms with van der Waals surface area (Å²) >= 11 is 0. The van der Waals surface area contributed by atoms with Gasteiger partial charge in [0.15, 0.2) is 0 Å². The van der Waals surface area contributed by atoms with Crippen molar-refractivity contribution >= 4 is 10.0 Å². The van der Waals surface area contributed by atoms with E-state index in [4.69, 9.17) is 0 Å². The fourth-order valence-corrected chi connectivity index (χ4v) is 2.84. The number of hydrogen-bond acceptors (Lipinski definition) is 3. The van der Waals surface area contributed by atoms with Gasteiger partial charge in [-0.2, -0.15) is 4.31 Å². The highest BCUT2D eigenvalue weighted by Crippen LogP contribution is 2.22. The molecule has 78 valence electrons. The molecular weight excluding hydrogens is 190 g/mol. The van der Waals surface area contributed by atoms with E-state index in [9.17, 15) is 13.5 Å². The van der Waals surface area contributed by atoms with E-state index in [1.807, 2.05) is 0 Å². The highest BCUT2D eigenvalue weighted by Gasteiger charge is 2.33. The Morgan fingerprint density at radius 2 is 2.15 bits per heavy atom. The van der Waals surface area contributed by atoms with Crippen molar-refractivity contribution < 1.29 is 13.5 Å². The van der Waals surface area contributed by atoms with Crippen LogP contribution < -0.4 is 0 Å². The second-order valence-corrected chi connectivity index (χ2v) is 6.09. The van der Waals surface area contributed by atoms with Crippen LogP contribution in [-0.2, 0) is 10.0 Å². The Bertz CT molecular complexity index is 271.